The van der Waals surface area contributed by atoms with Gasteiger partial charge in [-0.05, 0) is 28.8 Å². The van der Waals surface area contributed by atoms with E-state index in [0.29, 0.717) is 10.7 Å². The van der Waals surface area contributed by atoms with E-state index in [1.807, 2.05) is 18.2 Å². The van der Waals surface area contributed by atoms with Crippen LogP contribution in [0, 0.1) is 0 Å². The third kappa shape index (κ3) is 3.09. The van der Waals surface area contributed by atoms with Crippen molar-refractivity contribution >= 4 is 28.2 Å². The van der Waals surface area contributed by atoms with Crippen LogP contribution in [0.3, 0.4) is 0 Å². The third-order valence-corrected chi connectivity index (χ3v) is 3.73. The second kappa shape index (κ2) is 6.36. The summed E-state index contributed by atoms with van der Waals surface area (Å²) in [5.41, 5.74) is 0.965. The van der Waals surface area contributed by atoms with Crippen molar-refractivity contribution in [3.8, 4) is 5.69 Å². The first-order valence-corrected chi connectivity index (χ1v) is 7.39. The SMILES string of the molecule is COC(=O)c1ccsc1NC(=O)c1nnn(-c2ccccc2)n1. The van der Waals surface area contributed by atoms with Crippen LogP contribution >= 0.6 is 11.3 Å². The standard InChI is InChI=1S/C14H11N5O3S/c1-22-14(21)10-7-8-23-13(10)15-12(20)11-16-18-19(17-11)9-5-3-2-4-6-9/h2-8H,1H3,(H,15,20). The number of tetrazole rings is 1. The zero-order chi connectivity index (χ0) is 16.2. The number of nitrogens with zero attached hydrogens (tertiary/aromatic N) is 4. The van der Waals surface area contributed by atoms with Crippen LogP contribution in [0.25, 0.3) is 5.69 Å². The molecule has 0 atom stereocenters. The second-order valence-electron chi connectivity index (χ2n) is 4.35. The van der Waals surface area contributed by atoms with E-state index in [2.05, 4.69) is 25.5 Å². The zero-order valence-corrected chi connectivity index (χ0v) is 12.8. The Kier molecular flexibility index (Phi) is 4.11. The fourth-order valence-electron chi connectivity index (χ4n) is 1.81. The number of carbonyl (C=O) groups excluding carboxylic acids is 2. The van der Waals surface area contributed by atoms with Crippen LogP contribution in [0.2, 0.25) is 0 Å². The number of hydrogen-bond acceptors (Lipinski definition) is 7. The molecule has 9 heteroatoms. The van der Waals surface area contributed by atoms with Gasteiger partial charge >= 0.3 is 5.97 Å². The highest BCUT2D eigenvalue weighted by Crippen LogP contribution is 2.24. The largest absolute Gasteiger partial charge is 0.465 e. The number of methoxy groups -OCH3 is 1. The Hall–Kier alpha value is -3.07. The summed E-state index contributed by atoms with van der Waals surface area (Å²) in [5.74, 6) is -1.18. The minimum Gasteiger partial charge on any atom is -0.465 e. The van der Waals surface area contributed by atoms with Gasteiger partial charge in [-0.2, -0.15) is 0 Å². The highest BCUT2D eigenvalue weighted by Gasteiger charge is 2.19. The molecule has 0 saturated carbocycles. The molecule has 1 N–H and O–H groups in total. The number of benzene rings is 1. The van der Waals surface area contributed by atoms with Gasteiger partial charge in [0.25, 0.3) is 11.7 Å². The Morgan fingerprint density at radius 2 is 2.00 bits per heavy atom. The molecule has 0 aliphatic carbocycles. The smallest absolute Gasteiger partial charge is 0.340 e. The molecule has 3 aromatic rings. The molecule has 0 unspecified atom stereocenters. The Balaban J connectivity index is 1.79. The summed E-state index contributed by atoms with van der Waals surface area (Å²) in [5, 5.41) is 16.2. The molecule has 1 aromatic carbocycles. The molecule has 0 aliphatic heterocycles. The quantitative estimate of drug-likeness (QED) is 0.732. The lowest BCUT2D eigenvalue weighted by molar-refractivity contribution is 0.0602. The van der Waals surface area contributed by atoms with Crippen molar-refractivity contribution < 1.29 is 14.3 Å². The fourth-order valence-corrected chi connectivity index (χ4v) is 2.58. The van der Waals surface area contributed by atoms with Gasteiger partial charge in [-0.1, -0.05) is 18.2 Å². The van der Waals surface area contributed by atoms with Crippen LogP contribution < -0.4 is 5.32 Å². The monoisotopic (exact) mass is 329 g/mol. The molecule has 0 fully saturated rings. The normalized spacial score (nSPS) is 10.3. The third-order valence-electron chi connectivity index (χ3n) is 2.90. The summed E-state index contributed by atoms with van der Waals surface area (Å²) in [4.78, 5) is 25.0. The Bertz CT molecular complexity index is 843. The molecule has 0 saturated heterocycles. The molecule has 0 bridgehead atoms. The van der Waals surface area contributed by atoms with E-state index in [-0.39, 0.29) is 11.4 Å². The van der Waals surface area contributed by atoms with Gasteiger partial charge in [0.15, 0.2) is 0 Å². The van der Waals surface area contributed by atoms with Crippen molar-refractivity contribution in [2.45, 2.75) is 0 Å². The van der Waals surface area contributed by atoms with Crippen molar-refractivity contribution in [2.75, 3.05) is 12.4 Å². The van der Waals surface area contributed by atoms with Gasteiger partial charge in [0, 0.05) is 0 Å². The summed E-state index contributed by atoms with van der Waals surface area (Å²) in [6, 6.07) is 10.7. The first-order valence-electron chi connectivity index (χ1n) is 6.51. The average molecular weight is 329 g/mol. The number of rotatable bonds is 4. The van der Waals surface area contributed by atoms with Crippen LogP contribution in [0.4, 0.5) is 5.00 Å². The van der Waals surface area contributed by atoms with Crippen LogP contribution in [-0.4, -0.2) is 39.2 Å². The van der Waals surface area contributed by atoms with E-state index >= 15 is 0 Å². The molecular weight excluding hydrogens is 318 g/mol. The van der Waals surface area contributed by atoms with E-state index in [9.17, 15) is 9.59 Å². The van der Waals surface area contributed by atoms with Gasteiger partial charge in [-0.25, -0.2) is 4.79 Å². The van der Waals surface area contributed by atoms with Crippen molar-refractivity contribution in [3.05, 3.63) is 53.2 Å². The minimum atomic E-state index is -0.556. The van der Waals surface area contributed by atoms with E-state index in [1.54, 1.807) is 23.6 Å². The maximum atomic E-state index is 12.2. The van der Waals surface area contributed by atoms with Gasteiger partial charge in [-0.15, -0.1) is 26.3 Å². The Morgan fingerprint density at radius 3 is 2.74 bits per heavy atom. The predicted octanol–water partition coefficient (Wildman–Crippen LogP) is 1.76. The summed E-state index contributed by atoms with van der Waals surface area (Å²) >= 11 is 1.20. The number of aromatic nitrogens is 4. The molecule has 8 nitrogen and oxygen atoms in total. The zero-order valence-electron chi connectivity index (χ0n) is 12.0. The van der Waals surface area contributed by atoms with E-state index in [1.165, 1.54) is 23.2 Å². The predicted molar refractivity (Wildman–Crippen MR) is 82.8 cm³/mol. The topological polar surface area (TPSA) is 99.0 Å². The van der Waals surface area contributed by atoms with Crippen LogP contribution in [0.5, 0.6) is 0 Å². The summed E-state index contributed by atoms with van der Waals surface area (Å²) in [7, 11) is 1.28. The molecule has 116 valence electrons. The first-order chi connectivity index (χ1) is 11.2. The lowest BCUT2D eigenvalue weighted by Crippen LogP contribution is -2.15. The van der Waals surface area contributed by atoms with Gasteiger partial charge in [0.05, 0.1) is 18.4 Å². The number of nitrogens with one attached hydrogen (secondary N) is 1. The maximum absolute atomic E-state index is 12.2. The Labute approximate surface area is 134 Å². The number of ether oxygens (including phenoxy) is 1. The first kappa shape index (κ1) is 14.9. The summed E-state index contributed by atoms with van der Waals surface area (Å²) in [6.45, 7) is 0. The number of carbonyl (C=O) groups is 2. The lowest BCUT2D eigenvalue weighted by atomic mass is 10.3. The van der Waals surface area contributed by atoms with Crippen LogP contribution in [0.15, 0.2) is 41.8 Å². The van der Waals surface area contributed by atoms with Gasteiger partial charge in [0.2, 0.25) is 0 Å². The molecule has 0 radical (unpaired) electrons. The van der Waals surface area contributed by atoms with Crippen molar-refractivity contribution in [3.63, 3.8) is 0 Å². The van der Waals surface area contributed by atoms with E-state index < -0.39 is 11.9 Å². The number of thiophene rings is 1. The minimum absolute atomic E-state index is 0.0990. The number of para-hydroxylation sites is 1. The molecule has 1 amide bonds. The molecule has 2 aromatic heterocycles. The van der Waals surface area contributed by atoms with E-state index in [4.69, 9.17) is 0 Å². The Morgan fingerprint density at radius 1 is 1.22 bits per heavy atom. The van der Waals surface area contributed by atoms with Crippen molar-refractivity contribution in [1.29, 1.82) is 0 Å². The lowest BCUT2D eigenvalue weighted by Gasteiger charge is -2.02. The number of amides is 1. The van der Waals surface area contributed by atoms with Crippen molar-refractivity contribution in [2.24, 2.45) is 0 Å². The van der Waals surface area contributed by atoms with Gasteiger partial charge in [0.1, 0.15) is 5.00 Å². The highest BCUT2D eigenvalue weighted by atomic mass is 32.1. The molecular formula is C14H11N5O3S. The molecule has 0 spiro atoms. The van der Waals surface area contributed by atoms with Gasteiger partial charge < -0.3 is 10.1 Å². The number of anilines is 1. The maximum Gasteiger partial charge on any atom is 0.340 e. The van der Waals surface area contributed by atoms with Crippen molar-refractivity contribution in [1.82, 2.24) is 20.2 Å². The van der Waals surface area contributed by atoms with Crippen LogP contribution in [-0.2, 0) is 4.74 Å². The number of esters is 1. The summed E-state index contributed by atoms with van der Waals surface area (Å²) < 4.78 is 4.65. The molecule has 3 rings (SSSR count). The second-order valence-corrected chi connectivity index (χ2v) is 5.26. The molecule has 23 heavy (non-hydrogen) atoms. The van der Waals surface area contributed by atoms with Crippen LogP contribution in [0.1, 0.15) is 21.0 Å². The summed E-state index contributed by atoms with van der Waals surface area (Å²) in [6.07, 6.45) is 0. The number of hydrogen-bond donors (Lipinski definition) is 1. The highest BCUT2D eigenvalue weighted by molar-refractivity contribution is 7.14. The molecule has 0 aliphatic rings. The average Bonchev–Trinajstić information content (AvgIpc) is 3.24. The van der Waals surface area contributed by atoms with Gasteiger partial charge in [-0.3, -0.25) is 4.79 Å². The molecule has 2 heterocycles. The fraction of sp³-hybridized carbons (Fsp3) is 0.0714. The van der Waals surface area contributed by atoms with E-state index in [0.717, 1.165) is 0 Å².